The predicted octanol–water partition coefficient (Wildman–Crippen LogP) is 3.36. The summed E-state index contributed by atoms with van der Waals surface area (Å²) in [5, 5.41) is 10.5. The Labute approximate surface area is 121 Å². The van der Waals surface area contributed by atoms with Crippen LogP contribution in [0.25, 0.3) is 0 Å². The van der Waals surface area contributed by atoms with Crippen LogP contribution in [0.4, 0.5) is 10.1 Å². The average molecular weight is 291 g/mol. The summed E-state index contributed by atoms with van der Waals surface area (Å²) in [7, 11) is 1.60. The van der Waals surface area contributed by atoms with Gasteiger partial charge in [0.15, 0.2) is 0 Å². The van der Waals surface area contributed by atoms with Gasteiger partial charge < -0.3 is 9.47 Å². The van der Waals surface area contributed by atoms with E-state index in [2.05, 4.69) is 0 Å². The molecule has 0 saturated carbocycles. The van der Waals surface area contributed by atoms with Crippen LogP contribution in [-0.4, -0.2) is 18.6 Å². The summed E-state index contributed by atoms with van der Waals surface area (Å²) in [5.41, 5.74) is 0.496. The molecule has 2 aromatic rings. The normalized spacial score (nSPS) is 10.2. The second-order valence-electron chi connectivity index (χ2n) is 4.32. The lowest BCUT2D eigenvalue weighted by molar-refractivity contribution is -0.387. The van der Waals surface area contributed by atoms with Gasteiger partial charge in [0.25, 0.3) is 0 Å². The molecule has 0 aliphatic heterocycles. The van der Waals surface area contributed by atoms with Crippen molar-refractivity contribution in [2.24, 2.45) is 0 Å². The van der Waals surface area contributed by atoms with E-state index in [9.17, 15) is 14.5 Å². The number of halogens is 1. The molecule has 0 heterocycles. The summed E-state index contributed by atoms with van der Waals surface area (Å²) >= 11 is 0. The molecule has 0 aliphatic rings. The second kappa shape index (κ2) is 6.69. The summed E-state index contributed by atoms with van der Waals surface area (Å²) < 4.78 is 23.8. The van der Waals surface area contributed by atoms with Gasteiger partial charge in [-0.05, 0) is 23.8 Å². The number of rotatable bonds is 6. The minimum absolute atomic E-state index is 0.270. The van der Waals surface area contributed by atoms with E-state index in [4.69, 9.17) is 9.47 Å². The molecule has 0 radical (unpaired) electrons. The Morgan fingerprint density at radius 1 is 1.14 bits per heavy atom. The molecule has 0 aromatic heterocycles. The van der Waals surface area contributed by atoms with E-state index in [-0.39, 0.29) is 5.75 Å². The van der Waals surface area contributed by atoms with Crippen molar-refractivity contribution in [3.8, 4) is 11.5 Å². The van der Waals surface area contributed by atoms with Gasteiger partial charge in [-0.3, -0.25) is 10.1 Å². The lowest BCUT2D eigenvalue weighted by Gasteiger charge is -2.07. The first kappa shape index (κ1) is 14.8. The molecule has 2 aromatic carbocycles. The lowest BCUT2D eigenvalue weighted by Crippen LogP contribution is -2.02. The van der Waals surface area contributed by atoms with E-state index in [0.29, 0.717) is 13.0 Å². The molecule has 6 heteroatoms. The molecule has 0 fully saturated rings. The third-order valence-corrected chi connectivity index (χ3v) is 2.93. The first-order valence-electron chi connectivity index (χ1n) is 6.30. The topological polar surface area (TPSA) is 61.6 Å². The van der Waals surface area contributed by atoms with Crippen LogP contribution < -0.4 is 9.47 Å². The minimum Gasteiger partial charge on any atom is -0.497 e. The number of hydrogen-bond donors (Lipinski definition) is 0. The maximum Gasteiger partial charge on any atom is 0.305 e. The predicted molar refractivity (Wildman–Crippen MR) is 75.2 cm³/mol. The van der Waals surface area contributed by atoms with Gasteiger partial charge in [-0.2, -0.15) is 4.39 Å². The van der Waals surface area contributed by atoms with Gasteiger partial charge >= 0.3 is 5.69 Å². The van der Waals surface area contributed by atoms with Crippen molar-refractivity contribution < 1.29 is 18.8 Å². The van der Waals surface area contributed by atoms with Crippen molar-refractivity contribution in [1.29, 1.82) is 0 Å². The molecule has 0 unspecified atom stereocenters. The van der Waals surface area contributed by atoms with Crippen LogP contribution in [0.15, 0.2) is 42.5 Å². The van der Waals surface area contributed by atoms with Crippen molar-refractivity contribution in [2.45, 2.75) is 6.42 Å². The smallest absolute Gasteiger partial charge is 0.305 e. The summed E-state index contributed by atoms with van der Waals surface area (Å²) in [4.78, 5) is 9.73. The monoisotopic (exact) mass is 291 g/mol. The van der Waals surface area contributed by atoms with E-state index in [1.165, 1.54) is 6.07 Å². The molecule has 0 N–H and O–H groups in total. The van der Waals surface area contributed by atoms with Crippen LogP contribution in [0, 0.1) is 15.9 Å². The van der Waals surface area contributed by atoms with Gasteiger partial charge in [0, 0.05) is 18.6 Å². The Morgan fingerprint density at radius 2 is 1.81 bits per heavy atom. The SMILES string of the molecule is COc1ccc(CCOc2ccc([N+](=O)[O-])c(F)c2)cc1. The maximum absolute atomic E-state index is 13.4. The fourth-order valence-corrected chi connectivity index (χ4v) is 1.80. The Hall–Kier alpha value is -2.63. The van der Waals surface area contributed by atoms with Gasteiger partial charge in [0.2, 0.25) is 5.82 Å². The second-order valence-corrected chi connectivity index (χ2v) is 4.32. The molecular weight excluding hydrogens is 277 g/mol. The zero-order chi connectivity index (χ0) is 15.2. The van der Waals surface area contributed by atoms with Gasteiger partial charge in [0.05, 0.1) is 18.6 Å². The molecule has 0 aliphatic carbocycles. The summed E-state index contributed by atoms with van der Waals surface area (Å²) in [5.74, 6) is 0.144. The quantitative estimate of drug-likeness (QED) is 0.604. The first-order valence-corrected chi connectivity index (χ1v) is 6.30. The van der Waals surface area contributed by atoms with Crippen molar-refractivity contribution in [3.05, 3.63) is 64.0 Å². The highest BCUT2D eigenvalue weighted by Crippen LogP contribution is 2.22. The Balaban J connectivity index is 1.91. The number of hydrogen-bond acceptors (Lipinski definition) is 4. The van der Waals surface area contributed by atoms with Crippen LogP contribution in [0.3, 0.4) is 0 Å². The van der Waals surface area contributed by atoms with Crippen LogP contribution in [0.5, 0.6) is 11.5 Å². The highest BCUT2D eigenvalue weighted by Gasteiger charge is 2.14. The molecule has 21 heavy (non-hydrogen) atoms. The van der Waals surface area contributed by atoms with E-state index in [0.717, 1.165) is 23.4 Å². The highest BCUT2D eigenvalue weighted by atomic mass is 19.1. The van der Waals surface area contributed by atoms with Gasteiger partial charge in [-0.15, -0.1) is 0 Å². The summed E-state index contributed by atoms with van der Waals surface area (Å²) in [6.45, 7) is 0.351. The molecule has 2 rings (SSSR count). The molecule has 0 amide bonds. The number of methoxy groups -OCH3 is 1. The largest absolute Gasteiger partial charge is 0.497 e. The maximum atomic E-state index is 13.4. The Bertz CT molecular complexity index is 628. The fraction of sp³-hybridized carbons (Fsp3) is 0.200. The van der Waals surface area contributed by atoms with Crippen LogP contribution in [-0.2, 0) is 6.42 Å². The third kappa shape index (κ3) is 3.92. The van der Waals surface area contributed by atoms with E-state index >= 15 is 0 Å². The lowest BCUT2D eigenvalue weighted by atomic mass is 10.1. The van der Waals surface area contributed by atoms with Gasteiger partial charge in [0.1, 0.15) is 11.5 Å². The molecule has 5 nitrogen and oxygen atoms in total. The molecule has 0 spiro atoms. The summed E-state index contributed by atoms with van der Waals surface area (Å²) in [6.07, 6.45) is 0.641. The number of benzene rings is 2. The molecule has 110 valence electrons. The van der Waals surface area contributed by atoms with E-state index in [1.807, 2.05) is 24.3 Å². The van der Waals surface area contributed by atoms with Gasteiger partial charge in [-0.25, -0.2) is 0 Å². The first-order chi connectivity index (χ1) is 10.1. The summed E-state index contributed by atoms with van der Waals surface area (Å²) in [6, 6.07) is 11.0. The standard InChI is InChI=1S/C15H14FNO4/c1-20-12-4-2-11(3-5-12)8-9-21-13-6-7-15(17(18)19)14(16)10-13/h2-7,10H,8-9H2,1H3. The average Bonchev–Trinajstić information content (AvgIpc) is 2.47. The number of nitro groups is 1. The number of nitrogens with zero attached hydrogens (tertiary/aromatic N) is 1. The third-order valence-electron chi connectivity index (χ3n) is 2.93. The van der Waals surface area contributed by atoms with Crippen LogP contribution >= 0.6 is 0 Å². The Morgan fingerprint density at radius 3 is 2.38 bits per heavy atom. The van der Waals surface area contributed by atoms with Crippen molar-refractivity contribution in [3.63, 3.8) is 0 Å². The fourth-order valence-electron chi connectivity index (χ4n) is 1.80. The highest BCUT2D eigenvalue weighted by molar-refractivity contribution is 5.38. The van der Waals surface area contributed by atoms with Crippen molar-refractivity contribution in [2.75, 3.05) is 13.7 Å². The number of ether oxygens (including phenoxy) is 2. The Kier molecular flexibility index (Phi) is 4.71. The molecular formula is C15H14FNO4. The molecule has 0 atom stereocenters. The van der Waals surface area contributed by atoms with Crippen molar-refractivity contribution >= 4 is 5.69 Å². The zero-order valence-electron chi connectivity index (χ0n) is 11.4. The van der Waals surface area contributed by atoms with Gasteiger partial charge in [-0.1, -0.05) is 12.1 Å². The van der Waals surface area contributed by atoms with E-state index in [1.54, 1.807) is 7.11 Å². The van der Waals surface area contributed by atoms with E-state index < -0.39 is 16.4 Å². The number of nitro benzene ring substituents is 1. The zero-order valence-corrected chi connectivity index (χ0v) is 11.4. The van der Waals surface area contributed by atoms with Crippen LogP contribution in [0.1, 0.15) is 5.56 Å². The van der Waals surface area contributed by atoms with Crippen molar-refractivity contribution in [1.82, 2.24) is 0 Å². The molecule has 0 saturated heterocycles. The molecule has 0 bridgehead atoms. The minimum atomic E-state index is -0.901. The van der Waals surface area contributed by atoms with Crippen LogP contribution in [0.2, 0.25) is 0 Å².